The Bertz CT molecular complexity index is 1020. The number of nitriles is 1. The zero-order chi connectivity index (χ0) is 19.9. The minimum atomic E-state index is -0.283. The number of benzene rings is 3. The van der Waals surface area contributed by atoms with Crippen LogP contribution in [0.15, 0.2) is 71.2 Å². The van der Waals surface area contributed by atoms with Crippen molar-refractivity contribution in [2.45, 2.75) is 6.61 Å². The van der Waals surface area contributed by atoms with Crippen LogP contribution in [0.4, 0.5) is 4.39 Å². The maximum absolute atomic E-state index is 13.1. The van der Waals surface area contributed by atoms with Crippen LogP contribution in [0.3, 0.4) is 0 Å². The highest BCUT2D eigenvalue weighted by atomic mass is 79.9. The molecule has 5 heteroatoms. The number of methoxy groups -OCH3 is 1. The van der Waals surface area contributed by atoms with Crippen LogP contribution in [0.2, 0.25) is 0 Å². The average Bonchev–Trinajstić information content (AvgIpc) is 2.72. The first-order valence-electron chi connectivity index (χ1n) is 8.52. The first kappa shape index (κ1) is 19.7. The van der Waals surface area contributed by atoms with Crippen LogP contribution in [0.25, 0.3) is 11.6 Å². The maximum atomic E-state index is 13.1. The Hall–Kier alpha value is -3.10. The zero-order valence-corrected chi connectivity index (χ0v) is 16.7. The predicted molar refractivity (Wildman–Crippen MR) is 111 cm³/mol. The molecule has 0 amide bonds. The van der Waals surface area contributed by atoms with Crippen molar-refractivity contribution in [1.82, 2.24) is 0 Å². The first-order chi connectivity index (χ1) is 13.6. The molecule has 0 bridgehead atoms. The Balaban J connectivity index is 1.88. The summed E-state index contributed by atoms with van der Waals surface area (Å²) in [6.45, 7) is 0.299. The van der Waals surface area contributed by atoms with Gasteiger partial charge in [0.1, 0.15) is 23.9 Å². The Morgan fingerprint density at radius 1 is 1.07 bits per heavy atom. The molecule has 0 heterocycles. The smallest absolute Gasteiger partial charge is 0.127 e. The van der Waals surface area contributed by atoms with Gasteiger partial charge in [-0.3, -0.25) is 0 Å². The van der Waals surface area contributed by atoms with E-state index in [2.05, 4.69) is 22.0 Å². The largest absolute Gasteiger partial charge is 0.497 e. The van der Waals surface area contributed by atoms with Gasteiger partial charge in [-0.2, -0.15) is 5.26 Å². The van der Waals surface area contributed by atoms with E-state index in [9.17, 15) is 9.65 Å². The number of hydrogen-bond donors (Lipinski definition) is 0. The van der Waals surface area contributed by atoms with Gasteiger partial charge in [0.05, 0.1) is 18.8 Å². The van der Waals surface area contributed by atoms with Crippen LogP contribution in [-0.4, -0.2) is 7.11 Å². The summed E-state index contributed by atoms with van der Waals surface area (Å²) in [5.74, 6) is 1.08. The lowest BCUT2D eigenvalue weighted by atomic mass is 10.0. The van der Waals surface area contributed by atoms with Crippen molar-refractivity contribution >= 4 is 27.6 Å². The second-order valence-electron chi connectivity index (χ2n) is 6.00. The molecular weight excluding hydrogens is 421 g/mol. The fraction of sp³-hybridized carbons (Fsp3) is 0.0870. The molecule has 0 aliphatic rings. The van der Waals surface area contributed by atoms with Gasteiger partial charge in [-0.05, 0) is 71.8 Å². The van der Waals surface area contributed by atoms with Crippen LogP contribution in [0.5, 0.6) is 11.5 Å². The van der Waals surface area contributed by atoms with Crippen molar-refractivity contribution in [3.8, 4) is 17.6 Å². The van der Waals surface area contributed by atoms with E-state index in [0.717, 1.165) is 26.9 Å². The zero-order valence-electron chi connectivity index (χ0n) is 15.2. The molecule has 0 saturated heterocycles. The lowest BCUT2D eigenvalue weighted by molar-refractivity contribution is 0.305. The fourth-order valence-corrected chi connectivity index (χ4v) is 2.99. The highest BCUT2D eigenvalue weighted by molar-refractivity contribution is 9.10. The maximum Gasteiger partial charge on any atom is 0.127 e. The summed E-state index contributed by atoms with van der Waals surface area (Å²) in [4.78, 5) is 0. The molecular formula is C23H17BrFNO2. The molecule has 0 aromatic heterocycles. The van der Waals surface area contributed by atoms with Crippen molar-refractivity contribution in [1.29, 1.82) is 5.26 Å². The highest BCUT2D eigenvalue weighted by Crippen LogP contribution is 2.29. The summed E-state index contributed by atoms with van der Waals surface area (Å²) in [7, 11) is 1.60. The molecule has 0 aliphatic carbocycles. The molecule has 3 nitrogen and oxygen atoms in total. The molecule has 3 aromatic carbocycles. The molecule has 140 valence electrons. The van der Waals surface area contributed by atoms with E-state index in [4.69, 9.17) is 9.47 Å². The fourth-order valence-electron chi connectivity index (χ4n) is 2.61. The summed E-state index contributed by atoms with van der Waals surface area (Å²) in [5, 5.41) is 9.62. The number of ether oxygens (including phenoxy) is 2. The van der Waals surface area contributed by atoms with E-state index in [1.807, 2.05) is 42.5 Å². The second kappa shape index (κ2) is 9.20. The quantitative estimate of drug-likeness (QED) is 0.338. The van der Waals surface area contributed by atoms with E-state index in [1.54, 1.807) is 25.3 Å². The van der Waals surface area contributed by atoms with E-state index in [-0.39, 0.29) is 5.82 Å². The molecule has 0 radical (unpaired) electrons. The molecule has 0 spiro atoms. The van der Waals surface area contributed by atoms with Gasteiger partial charge < -0.3 is 9.47 Å². The van der Waals surface area contributed by atoms with Gasteiger partial charge in [-0.25, -0.2) is 4.39 Å². The number of rotatable bonds is 6. The molecule has 0 aliphatic heterocycles. The number of halogens is 2. The number of nitrogens with zero attached hydrogens (tertiary/aromatic N) is 1. The molecule has 3 rings (SSSR count). The van der Waals surface area contributed by atoms with Crippen LogP contribution >= 0.6 is 15.9 Å². The van der Waals surface area contributed by atoms with Crippen LogP contribution in [-0.2, 0) is 6.61 Å². The topological polar surface area (TPSA) is 42.2 Å². The van der Waals surface area contributed by atoms with E-state index in [0.29, 0.717) is 17.9 Å². The Morgan fingerprint density at radius 3 is 2.43 bits per heavy atom. The Morgan fingerprint density at radius 2 is 1.79 bits per heavy atom. The van der Waals surface area contributed by atoms with Gasteiger partial charge in [0, 0.05) is 10.0 Å². The van der Waals surface area contributed by atoms with E-state index in [1.165, 1.54) is 12.1 Å². The minimum absolute atomic E-state index is 0.283. The molecule has 0 saturated carbocycles. The van der Waals surface area contributed by atoms with Crippen molar-refractivity contribution in [3.63, 3.8) is 0 Å². The molecule has 28 heavy (non-hydrogen) atoms. The monoisotopic (exact) mass is 437 g/mol. The molecule has 3 aromatic rings. The lowest BCUT2D eigenvalue weighted by Crippen LogP contribution is -1.97. The molecule has 0 fully saturated rings. The Kier molecular flexibility index (Phi) is 6.46. The van der Waals surface area contributed by atoms with Gasteiger partial charge >= 0.3 is 0 Å². The van der Waals surface area contributed by atoms with Crippen molar-refractivity contribution in [2.24, 2.45) is 0 Å². The lowest BCUT2D eigenvalue weighted by Gasteiger charge is -2.11. The number of allylic oxidation sites excluding steroid dienone is 1. The van der Waals surface area contributed by atoms with Gasteiger partial charge in [-0.1, -0.05) is 28.1 Å². The SMILES string of the molecule is COc1ccc(/C(C#N)=C/c2cc(Br)ccc2OCc2ccc(F)cc2)cc1. The molecule has 0 atom stereocenters. The summed E-state index contributed by atoms with van der Waals surface area (Å²) in [5.41, 5.74) is 2.92. The van der Waals surface area contributed by atoms with Crippen LogP contribution < -0.4 is 9.47 Å². The van der Waals surface area contributed by atoms with Crippen molar-refractivity contribution in [3.05, 3.63) is 93.7 Å². The predicted octanol–water partition coefficient (Wildman–Crippen LogP) is 6.24. The molecule has 0 N–H and O–H groups in total. The summed E-state index contributed by atoms with van der Waals surface area (Å²) in [6.07, 6.45) is 1.78. The van der Waals surface area contributed by atoms with Gasteiger partial charge in [0.25, 0.3) is 0 Å². The van der Waals surface area contributed by atoms with Crippen LogP contribution in [0.1, 0.15) is 16.7 Å². The van der Waals surface area contributed by atoms with Crippen LogP contribution in [0, 0.1) is 17.1 Å². The third kappa shape index (κ3) is 4.99. The first-order valence-corrected chi connectivity index (χ1v) is 9.31. The Labute approximate surface area is 171 Å². The van der Waals surface area contributed by atoms with Gasteiger partial charge in [0.15, 0.2) is 0 Å². The summed E-state index contributed by atoms with van der Waals surface area (Å²) in [6, 6.07) is 21.3. The summed E-state index contributed by atoms with van der Waals surface area (Å²) >= 11 is 3.46. The van der Waals surface area contributed by atoms with E-state index >= 15 is 0 Å². The highest BCUT2D eigenvalue weighted by Gasteiger charge is 2.08. The molecule has 0 unspecified atom stereocenters. The number of hydrogen-bond acceptors (Lipinski definition) is 3. The average molecular weight is 438 g/mol. The minimum Gasteiger partial charge on any atom is -0.497 e. The van der Waals surface area contributed by atoms with Gasteiger partial charge in [-0.15, -0.1) is 0 Å². The third-order valence-corrected chi connectivity index (χ3v) is 4.59. The van der Waals surface area contributed by atoms with E-state index < -0.39 is 0 Å². The third-order valence-electron chi connectivity index (χ3n) is 4.10. The summed E-state index contributed by atoms with van der Waals surface area (Å²) < 4.78 is 25.0. The second-order valence-corrected chi connectivity index (χ2v) is 6.91. The van der Waals surface area contributed by atoms with Gasteiger partial charge in [0.2, 0.25) is 0 Å². The van der Waals surface area contributed by atoms with Crippen molar-refractivity contribution in [2.75, 3.05) is 7.11 Å². The standard InChI is InChI=1S/C23H17BrFNO2/c1-27-22-9-4-17(5-10-22)19(14-26)12-18-13-20(24)6-11-23(18)28-15-16-2-7-21(25)8-3-16/h2-13H,15H2,1H3/b19-12+. The van der Waals surface area contributed by atoms with Crippen molar-refractivity contribution < 1.29 is 13.9 Å². The normalized spacial score (nSPS) is 11.0.